The van der Waals surface area contributed by atoms with Crippen LogP contribution in [-0.4, -0.2) is 56.1 Å². The molecule has 110 valence electrons. The van der Waals surface area contributed by atoms with Crippen LogP contribution >= 0.6 is 0 Å². The summed E-state index contributed by atoms with van der Waals surface area (Å²) < 4.78 is 24.4. The van der Waals surface area contributed by atoms with E-state index in [0.717, 1.165) is 5.69 Å². The number of hydrogen-bond acceptors (Lipinski definition) is 3. The highest BCUT2D eigenvalue weighted by Crippen LogP contribution is 2.10. The summed E-state index contributed by atoms with van der Waals surface area (Å²) >= 11 is 0. The van der Waals surface area contributed by atoms with E-state index >= 15 is 0 Å². The maximum absolute atomic E-state index is 12.1. The van der Waals surface area contributed by atoms with E-state index in [-0.39, 0.29) is 6.03 Å². The van der Waals surface area contributed by atoms with Gasteiger partial charge in [0.1, 0.15) is 0 Å². The molecule has 6 nitrogen and oxygen atoms in total. The van der Waals surface area contributed by atoms with Gasteiger partial charge in [0.15, 0.2) is 0 Å². The fourth-order valence-electron chi connectivity index (χ4n) is 2.15. The lowest BCUT2D eigenvalue weighted by Crippen LogP contribution is -2.39. The van der Waals surface area contributed by atoms with Crippen molar-refractivity contribution in [2.75, 3.05) is 37.8 Å². The molecule has 0 aliphatic carbocycles. The Labute approximate surface area is 119 Å². The molecule has 0 bridgehead atoms. The van der Waals surface area contributed by atoms with Crippen LogP contribution in [0.5, 0.6) is 0 Å². The average Bonchev–Trinajstić information content (AvgIpc) is 2.65. The first-order valence-electron chi connectivity index (χ1n) is 6.53. The number of benzene rings is 1. The van der Waals surface area contributed by atoms with Crippen LogP contribution in [0.15, 0.2) is 30.3 Å². The smallest absolute Gasteiger partial charge is 0.321 e. The zero-order chi connectivity index (χ0) is 14.6. The second-order valence-corrected chi connectivity index (χ2v) is 6.78. The lowest BCUT2D eigenvalue weighted by molar-refractivity contribution is 0.214. The van der Waals surface area contributed by atoms with Gasteiger partial charge in [0.25, 0.3) is 0 Å². The monoisotopic (exact) mass is 297 g/mol. The molecule has 1 aromatic carbocycles. The predicted octanol–water partition coefficient (Wildman–Crippen LogP) is 1.19. The van der Waals surface area contributed by atoms with Gasteiger partial charge in [0, 0.05) is 31.9 Å². The summed E-state index contributed by atoms with van der Waals surface area (Å²) in [6.45, 7) is 1.78. The van der Waals surface area contributed by atoms with Crippen molar-refractivity contribution in [3.63, 3.8) is 0 Å². The summed E-state index contributed by atoms with van der Waals surface area (Å²) in [6, 6.07) is 9.03. The molecule has 1 aliphatic rings. The van der Waals surface area contributed by atoms with Gasteiger partial charge in [-0.2, -0.15) is 0 Å². The number of rotatable bonds is 2. The van der Waals surface area contributed by atoms with Crippen molar-refractivity contribution >= 4 is 21.7 Å². The summed E-state index contributed by atoms with van der Waals surface area (Å²) in [4.78, 5) is 13.8. The van der Waals surface area contributed by atoms with Crippen molar-refractivity contribution in [3.05, 3.63) is 30.3 Å². The van der Waals surface area contributed by atoms with Crippen LogP contribution in [0, 0.1) is 0 Å². The van der Waals surface area contributed by atoms with Crippen molar-refractivity contribution < 1.29 is 13.2 Å². The number of sulfonamides is 1. The molecule has 0 saturated carbocycles. The highest BCUT2D eigenvalue weighted by atomic mass is 32.2. The minimum Gasteiger partial charge on any atom is -0.323 e. The molecule has 1 aliphatic heterocycles. The maximum atomic E-state index is 12.1. The van der Waals surface area contributed by atoms with Crippen LogP contribution in [0.1, 0.15) is 6.42 Å². The van der Waals surface area contributed by atoms with Gasteiger partial charge < -0.3 is 10.2 Å². The molecule has 1 N–H and O–H groups in total. The highest BCUT2D eigenvalue weighted by Gasteiger charge is 2.23. The van der Waals surface area contributed by atoms with Gasteiger partial charge in [-0.05, 0) is 18.6 Å². The Morgan fingerprint density at radius 2 is 1.80 bits per heavy atom. The van der Waals surface area contributed by atoms with E-state index in [0.29, 0.717) is 32.6 Å². The number of anilines is 1. The van der Waals surface area contributed by atoms with Crippen LogP contribution in [0.4, 0.5) is 10.5 Å². The summed E-state index contributed by atoms with van der Waals surface area (Å²) in [5, 5.41) is 2.81. The third-order valence-corrected chi connectivity index (χ3v) is 4.54. The molecule has 1 fully saturated rings. The number of amides is 2. The Bertz CT molecular complexity index is 559. The highest BCUT2D eigenvalue weighted by molar-refractivity contribution is 7.88. The molecular weight excluding hydrogens is 278 g/mol. The Morgan fingerprint density at radius 1 is 1.10 bits per heavy atom. The third-order valence-electron chi connectivity index (χ3n) is 3.24. The minimum absolute atomic E-state index is 0.188. The first kappa shape index (κ1) is 14.8. The number of carbonyl (C=O) groups excluding carboxylic acids is 1. The van der Waals surface area contributed by atoms with Gasteiger partial charge in [-0.3, -0.25) is 0 Å². The summed E-state index contributed by atoms with van der Waals surface area (Å²) in [7, 11) is -3.18. The van der Waals surface area contributed by atoms with Gasteiger partial charge in [-0.15, -0.1) is 0 Å². The lowest BCUT2D eigenvalue weighted by atomic mass is 10.3. The summed E-state index contributed by atoms with van der Waals surface area (Å²) in [5.74, 6) is 0. The Hall–Kier alpha value is -1.60. The second-order valence-electron chi connectivity index (χ2n) is 4.80. The zero-order valence-electron chi connectivity index (χ0n) is 11.4. The van der Waals surface area contributed by atoms with E-state index in [1.165, 1.54) is 10.6 Å². The standard InChI is InChI=1S/C13H19N3O3S/c1-20(18,19)16-9-5-8-15(10-11-16)13(17)14-12-6-3-2-4-7-12/h2-4,6-7H,5,8-11H2,1H3,(H,14,17). The van der Waals surface area contributed by atoms with Crippen LogP contribution in [0.25, 0.3) is 0 Å². The fraction of sp³-hybridized carbons (Fsp3) is 0.462. The van der Waals surface area contributed by atoms with Gasteiger partial charge in [0.2, 0.25) is 10.0 Å². The Kier molecular flexibility index (Phi) is 4.61. The lowest BCUT2D eigenvalue weighted by Gasteiger charge is -2.21. The Morgan fingerprint density at radius 3 is 2.45 bits per heavy atom. The minimum atomic E-state index is -3.18. The summed E-state index contributed by atoms with van der Waals surface area (Å²) in [5.41, 5.74) is 0.738. The van der Waals surface area contributed by atoms with Crippen molar-refractivity contribution in [1.29, 1.82) is 0 Å². The van der Waals surface area contributed by atoms with Gasteiger partial charge in [-0.1, -0.05) is 18.2 Å². The van der Waals surface area contributed by atoms with Crippen LogP contribution in [-0.2, 0) is 10.0 Å². The molecule has 1 saturated heterocycles. The van der Waals surface area contributed by atoms with E-state index in [4.69, 9.17) is 0 Å². The van der Waals surface area contributed by atoms with Gasteiger partial charge >= 0.3 is 6.03 Å². The number of urea groups is 1. The SMILES string of the molecule is CS(=O)(=O)N1CCCN(C(=O)Nc2ccccc2)CC1. The van der Waals surface area contributed by atoms with Crippen LogP contribution in [0.3, 0.4) is 0 Å². The van der Waals surface area contributed by atoms with Crippen molar-refractivity contribution in [2.24, 2.45) is 0 Å². The van der Waals surface area contributed by atoms with E-state index in [1.54, 1.807) is 4.90 Å². The van der Waals surface area contributed by atoms with Crippen molar-refractivity contribution in [3.8, 4) is 0 Å². The molecule has 1 heterocycles. The van der Waals surface area contributed by atoms with Crippen LogP contribution in [0.2, 0.25) is 0 Å². The average molecular weight is 297 g/mol. The third kappa shape index (κ3) is 3.94. The van der Waals surface area contributed by atoms with Crippen molar-refractivity contribution in [2.45, 2.75) is 6.42 Å². The maximum Gasteiger partial charge on any atom is 0.321 e. The first-order chi connectivity index (χ1) is 9.47. The summed E-state index contributed by atoms with van der Waals surface area (Å²) in [6.07, 6.45) is 1.85. The molecule has 7 heteroatoms. The van der Waals surface area contributed by atoms with Crippen molar-refractivity contribution in [1.82, 2.24) is 9.21 Å². The fourth-order valence-corrected chi connectivity index (χ4v) is 3.03. The Balaban J connectivity index is 1.95. The van der Waals surface area contributed by atoms with E-state index in [9.17, 15) is 13.2 Å². The van der Waals surface area contributed by atoms with Crippen LogP contribution < -0.4 is 5.32 Å². The molecule has 20 heavy (non-hydrogen) atoms. The van der Waals surface area contributed by atoms with E-state index < -0.39 is 10.0 Å². The topological polar surface area (TPSA) is 69.7 Å². The quantitative estimate of drug-likeness (QED) is 0.891. The van der Waals surface area contributed by atoms with E-state index in [2.05, 4.69) is 5.32 Å². The molecule has 2 rings (SSSR count). The molecule has 0 radical (unpaired) electrons. The zero-order valence-corrected chi connectivity index (χ0v) is 12.3. The van der Waals surface area contributed by atoms with Gasteiger partial charge in [0.05, 0.1) is 6.26 Å². The first-order valence-corrected chi connectivity index (χ1v) is 8.38. The number of nitrogens with one attached hydrogen (secondary N) is 1. The number of hydrogen-bond donors (Lipinski definition) is 1. The molecular formula is C13H19N3O3S. The number of nitrogens with zero attached hydrogens (tertiary/aromatic N) is 2. The van der Waals surface area contributed by atoms with Gasteiger partial charge in [-0.25, -0.2) is 17.5 Å². The molecule has 1 aromatic rings. The predicted molar refractivity (Wildman–Crippen MR) is 78.1 cm³/mol. The molecule has 0 unspecified atom stereocenters. The second kappa shape index (κ2) is 6.23. The number of para-hydroxylation sites is 1. The molecule has 0 aromatic heterocycles. The normalized spacial score (nSPS) is 17.6. The number of carbonyl (C=O) groups is 1. The molecule has 0 atom stereocenters. The molecule has 0 spiro atoms. The largest absolute Gasteiger partial charge is 0.323 e. The van der Waals surface area contributed by atoms with E-state index in [1.807, 2.05) is 30.3 Å². The molecule has 2 amide bonds.